The van der Waals surface area contributed by atoms with Gasteiger partial charge >= 0.3 is 0 Å². The molecule has 152 valence electrons. The Kier molecular flexibility index (Phi) is 7.80. The third kappa shape index (κ3) is 5.38. The average molecular weight is 645 g/mol. The number of benzene rings is 1. The summed E-state index contributed by atoms with van der Waals surface area (Å²) in [6, 6.07) is 5.35. The van der Waals surface area contributed by atoms with Crippen LogP contribution >= 0.6 is 56.8 Å². The van der Waals surface area contributed by atoms with Gasteiger partial charge in [0.05, 0.1) is 14.2 Å². The smallest absolute Gasteiger partial charge is 0.239 e. The molecule has 0 bridgehead atoms. The van der Waals surface area contributed by atoms with E-state index in [0.29, 0.717) is 22.4 Å². The van der Waals surface area contributed by atoms with Gasteiger partial charge < -0.3 is 14.5 Å². The summed E-state index contributed by atoms with van der Waals surface area (Å²) in [5.74, 6) is 0.982. The molecule has 0 fully saturated rings. The zero-order chi connectivity index (χ0) is 21.3. The SMILES string of the molecule is Cc1nnc([C@H](Nc2ccc(C#N)c(Cl)c2I)[C@H](I)CC(C)(C)[Si](C)(C)O)o1. The van der Waals surface area contributed by atoms with E-state index in [1.54, 1.807) is 13.0 Å². The van der Waals surface area contributed by atoms with Crippen molar-refractivity contribution in [1.82, 2.24) is 10.2 Å². The Morgan fingerprint density at radius 2 is 2.04 bits per heavy atom. The minimum atomic E-state index is -2.37. The van der Waals surface area contributed by atoms with Gasteiger partial charge in [0.1, 0.15) is 12.1 Å². The van der Waals surface area contributed by atoms with Crippen LogP contribution in [0, 0.1) is 21.8 Å². The van der Waals surface area contributed by atoms with E-state index in [1.807, 2.05) is 19.2 Å². The average Bonchev–Trinajstić information content (AvgIpc) is 3.00. The van der Waals surface area contributed by atoms with Crippen molar-refractivity contribution in [2.24, 2.45) is 0 Å². The maximum atomic E-state index is 10.7. The molecule has 0 radical (unpaired) electrons. The van der Waals surface area contributed by atoms with Crippen molar-refractivity contribution in [3.05, 3.63) is 38.1 Å². The summed E-state index contributed by atoms with van der Waals surface area (Å²) in [4.78, 5) is 10.7. The van der Waals surface area contributed by atoms with Crippen LogP contribution in [0.25, 0.3) is 0 Å². The quantitative estimate of drug-likeness (QED) is 0.224. The molecule has 0 spiro atoms. The normalized spacial score (nSPS) is 14.4. The third-order valence-corrected chi connectivity index (χ3v) is 11.6. The topological polar surface area (TPSA) is 95.0 Å². The number of alkyl halides is 1. The van der Waals surface area contributed by atoms with Gasteiger partial charge in [0.15, 0.2) is 8.32 Å². The fraction of sp³-hybridized carbons (Fsp3) is 0.500. The maximum Gasteiger partial charge on any atom is 0.239 e. The lowest BCUT2D eigenvalue weighted by Gasteiger charge is -2.38. The molecule has 28 heavy (non-hydrogen) atoms. The van der Waals surface area contributed by atoms with Gasteiger partial charge in [0, 0.05) is 16.5 Å². The molecule has 0 aliphatic heterocycles. The number of rotatable bonds is 7. The zero-order valence-electron chi connectivity index (χ0n) is 16.3. The number of nitrogens with one attached hydrogen (secondary N) is 1. The van der Waals surface area contributed by atoms with Crippen molar-refractivity contribution >= 4 is 70.8 Å². The fourth-order valence-electron chi connectivity index (χ4n) is 2.51. The van der Waals surface area contributed by atoms with E-state index in [0.717, 1.165) is 15.7 Å². The molecule has 10 heteroatoms. The first-order chi connectivity index (χ1) is 12.9. The number of aromatic nitrogens is 2. The highest BCUT2D eigenvalue weighted by Crippen LogP contribution is 2.45. The molecule has 0 saturated carbocycles. The monoisotopic (exact) mass is 644 g/mol. The highest BCUT2D eigenvalue weighted by molar-refractivity contribution is 14.1. The van der Waals surface area contributed by atoms with E-state index in [1.165, 1.54) is 0 Å². The zero-order valence-corrected chi connectivity index (χ0v) is 22.4. The molecule has 2 aromatic rings. The predicted molar refractivity (Wildman–Crippen MR) is 130 cm³/mol. The van der Waals surface area contributed by atoms with Gasteiger partial charge in [-0.3, -0.25) is 0 Å². The van der Waals surface area contributed by atoms with E-state index in [2.05, 4.69) is 80.6 Å². The number of hydrogen-bond acceptors (Lipinski definition) is 6. The van der Waals surface area contributed by atoms with Gasteiger partial charge in [-0.2, -0.15) is 5.26 Å². The van der Waals surface area contributed by atoms with Crippen LogP contribution in [-0.2, 0) is 0 Å². The molecular weight excluding hydrogens is 622 g/mol. The molecule has 2 N–H and O–H groups in total. The number of aryl methyl sites for hydroxylation is 1. The van der Waals surface area contributed by atoms with Gasteiger partial charge in [0.2, 0.25) is 11.8 Å². The summed E-state index contributed by atoms with van der Waals surface area (Å²) in [6.45, 7) is 9.87. The van der Waals surface area contributed by atoms with Crippen molar-refractivity contribution in [2.45, 2.75) is 55.3 Å². The van der Waals surface area contributed by atoms with E-state index in [4.69, 9.17) is 16.0 Å². The molecule has 1 heterocycles. The number of halogens is 3. The molecule has 6 nitrogen and oxygen atoms in total. The molecule has 0 aliphatic rings. The van der Waals surface area contributed by atoms with E-state index in [9.17, 15) is 10.1 Å². The summed E-state index contributed by atoms with van der Waals surface area (Å²) in [5.41, 5.74) is 1.23. The van der Waals surface area contributed by atoms with Crippen molar-refractivity contribution < 1.29 is 9.21 Å². The van der Waals surface area contributed by atoms with Crippen molar-refractivity contribution in [3.63, 3.8) is 0 Å². The van der Waals surface area contributed by atoms with E-state index < -0.39 is 8.32 Å². The predicted octanol–water partition coefficient (Wildman–Crippen LogP) is 5.83. The van der Waals surface area contributed by atoms with E-state index in [-0.39, 0.29) is 15.0 Å². The molecule has 2 atom stereocenters. The van der Waals surface area contributed by atoms with Crippen molar-refractivity contribution in [2.75, 3.05) is 5.32 Å². The lowest BCUT2D eigenvalue weighted by molar-refractivity contribution is 0.406. The van der Waals surface area contributed by atoms with Crippen LogP contribution in [0.15, 0.2) is 16.5 Å². The molecule has 0 unspecified atom stereocenters. The second-order valence-corrected chi connectivity index (χ2v) is 15.4. The minimum absolute atomic E-state index is 0.0663. The van der Waals surface area contributed by atoms with Gasteiger partial charge in [-0.15, -0.1) is 10.2 Å². The summed E-state index contributed by atoms with van der Waals surface area (Å²) >= 11 is 10.8. The third-order valence-electron chi connectivity index (χ3n) is 5.04. The van der Waals surface area contributed by atoms with Crippen LogP contribution in [-0.4, -0.2) is 27.2 Å². The molecule has 1 aromatic heterocycles. The second-order valence-electron chi connectivity index (χ2n) is 7.84. The number of anilines is 1. The number of nitrogens with zero attached hydrogens (tertiary/aromatic N) is 3. The molecule has 1 aromatic carbocycles. The van der Waals surface area contributed by atoms with Crippen molar-refractivity contribution in [3.8, 4) is 6.07 Å². The van der Waals surface area contributed by atoms with Crippen LogP contribution in [0.2, 0.25) is 23.2 Å². The lowest BCUT2D eigenvalue weighted by atomic mass is 10.0. The Balaban J connectivity index is 2.39. The number of hydrogen-bond donors (Lipinski definition) is 2. The van der Waals surface area contributed by atoms with Crippen molar-refractivity contribution in [1.29, 1.82) is 5.26 Å². The van der Waals surface area contributed by atoms with Gasteiger partial charge in [-0.1, -0.05) is 48.0 Å². The molecule has 0 saturated heterocycles. The first-order valence-corrected chi connectivity index (χ1v) is 14.3. The summed E-state index contributed by atoms with van der Waals surface area (Å²) in [7, 11) is -2.37. The summed E-state index contributed by atoms with van der Waals surface area (Å²) in [6.07, 6.45) is 0.767. The highest BCUT2D eigenvalue weighted by atomic mass is 127. The Morgan fingerprint density at radius 3 is 2.54 bits per heavy atom. The fourth-order valence-corrected chi connectivity index (χ4v) is 6.07. The molecule has 0 aliphatic carbocycles. The van der Waals surface area contributed by atoms with Crippen LogP contribution in [0.3, 0.4) is 0 Å². The largest absolute Gasteiger partial charge is 0.432 e. The second kappa shape index (κ2) is 9.16. The van der Waals surface area contributed by atoms with Crippen LogP contribution in [0.4, 0.5) is 5.69 Å². The van der Waals surface area contributed by atoms with Crippen LogP contribution < -0.4 is 5.32 Å². The Hall–Kier alpha value is -0.423. The standard InChI is InChI=1S/C18H23ClI2N4O2Si/c1-10-24-25-17(27-10)16(12(20)8-18(2,3)28(4,5)26)23-13-7-6-11(9-22)14(19)15(13)21/h6-7,12,16,23,26H,8H2,1-5H3/t12-,16-/m1/s1. The molecule has 0 amide bonds. The first kappa shape index (κ1) is 23.9. The Bertz CT molecular complexity index is 893. The molecular formula is C18H23ClI2N4O2Si. The van der Waals surface area contributed by atoms with E-state index >= 15 is 0 Å². The number of nitriles is 1. The Morgan fingerprint density at radius 1 is 1.39 bits per heavy atom. The lowest BCUT2D eigenvalue weighted by Crippen LogP contribution is -2.41. The maximum absolute atomic E-state index is 10.7. The van der Waals surface area contributed by atoms with Gasteiger partial charge in [-0.05, 0) is 59.3 Å². The van der Waals surface area contributed by atoms with Crippen LogP contribution in [0.1, 0.15) is 43.7 Å². The summed E-state index contributed by atoms with van der Waals surface area (Å²) in [5, 5.41) is 21.1. The first-order valence-electron chi connectivity index (χ1n) is 8.68. The summed E-state index contributed by atoms with van der Waals surface area (Å²) < 4.78 is 6.56. The molecule has 2 rings (SSSR count). The van der Waals surface area contributed by atoms with Gasteiger partial charge in [-0.25, -0.2) is 0 Å². The van der Waals surface area contributed by atoms with Gasteiger partial charge in [0.25, 0.3) is 0 Å². The minimum Gasteiger partial charge on any atom is -0.432 e. The Labute approximate surface area is 198 Å². The highest BCUT2D eigenvalue weighted by Gasteiger charge is 2.41. The van der Waals surface area contributed by atoms with Crippen LogP contribution in [0.5, 0.6) is 0 Å².